The monoisotopic (exact) mass is 464 g/mol. The molecule has 29 heavy (non-hydrogen) atoms. The van der Waals surface area contributed by atoms with Crippen LogP contribution < -0.4 is 10.2 Å². The molecule has 0 radical (unpaired) electrons. The van der Waals surface area contributed by atoms with E-state index in [4.69, 9.17) is 16.3 Å². The Hall–Kier alpha value is -2.07. The molecular weight excluding hydrogens is 448 g/mol. The lowest BCUT2D eigenvalue weighted by Crippen LogP contribution is -2.19. The number of ether oxygens (including phenoxy) is 1. The highest BCUT2D eigenvalue weighted by Crippen LogP contribution is 2.32. The molecule has 0 aliphatic rings. The van der Waals surface area contributed by atoms with Gasteiger partial charge in [-0.2, -0.15) is 5.10 Å². The molecule has 0 aliphatic carbocycles. The molecule has 3 rings (SSSR count). The third-order valence-corrected chi connectivity index (χ3v) is 7.13. The summed E-state index contributed by atoms with van der Waals surface area (Å²) in [5, 5.41) is 13.0. The van der Waals surface area contributed by atoms with Crippen molar-refractivity contribution in [2.45, 2.75) is 14.4 Å². The molecule has 0 unspecified atom stereocenters. The van der Waals surface area contributed by atoms with Gasteiger partial charge in [-0.1, -0.05) is 76.8 Å². The first-order chi connectivity index (χ1) is 14.1. The van der Waals surface area contributed by atoms with Crippen molar-refractivity contribution in [2.75, 3.05) is 12.9 Å². The van der Waals surface area contributed by atoms with Crippen LogP contribution in [0.15, 0.2) is 62.3 Å². The molecule has 1 aromatic heterocycles. The van der Waals surface area contributed by atoms with Gasteiger partial charge in [0.15, 0.2) is 8.68 Å². The van der Waals surface area contributed by atoms with Crippen LogP contribution in [0.3, 0.4) is 0 Å². The van der Waals surface area contributed by atoms with E-state index < -0.39 is 0 Å². The number of thioether (sulfide) groups is 2. The van der Waals surface area contributed by atoms with Crippen molar-refractivity contribution in [1.29, 1.82) is 0 Å². The van der Waals surface area contributed by atoms with Crippen molar-refractivity contribution in [2.24, 2.45) is 5.10 Å². The molecule has 10 heteroatoms. The number of rotatable bonds is 9. The number of methoxy groups -OCH3 is 1. The Morgan fingerprint density at radius 3 is 2.79 bits per heavy atom. The van der Waals surface area contributed by atoms with Crippen molar-refractivity contribution in [3.8, 4) is 5.75 Å². The molecule has 2 aromatic carbocycles. The van der Waals surface area contributed by atoms with E-state index in [1.54, 1.807) is 25.1 Å². The van der Waals surface area contributed by atoms with Crippen LogP contribution in [-0.4, -0.2) is 35.2 Å². The number of amides is 1. The van der Waals surface area contributed by atoms with Crippen LogP contribution in [0.2, 0.25) is 5.02 Å². The van der Waals surface area contributed by atoms with Crippen molar-refractivity contribution in [3.63, 3.8) is 0 Å². The number of hydrogen-bond donors (Lipinski definition) is 1. The fraction of sp³-hybridized carbons (Fsp3) is 0.158. The van der Waals surface area contributed by atoms with E-state index in [1.807, 2.05) is 48.5 Å². The second-order valence-electron chi connectivity index (χ2n) is 5.57. The second kappa shape index (κ2) is 11.2. The van der Waals surface area contributed by atoms with Crippen LogP contribution >= 0.6 is 46.5 Å². The molecule has 0 atom stereocenters. The maximum absolute atomic E-state index is 12.0. The lowest BCUT2D eigenvalue weighted by atomic mass is 10.2. The van der Waals surface area contributed by atoms with Gasteiger partial charge in [-0.15, -0.1) is 10.2 Å². The number of carbonyl (C=O) groups is 1. The van der Waals surface area contributed by atoms with Crippen LogP contribution in [0.4, 0.5) is 0 Å². The SMILES string of the molecule is COc1cccc(C=NNC(=O)CSc2nnc(SCc3ccccc3Cl)s2)c1. The Morgan fingerprint density at radius 1 is 1.21 bits per heavy atom. The summed E-state index contributed by atoms with van der Waals surface area (Å²) in [5.41, 5.74) is 4.39. The number of nitrogens with zero attached hydrogens (tertiary/aromatic N) is 3. The molecule has 6 nitrogen and oxygen atoms in total. The number of nitrogens with one attached hydrogen (secondary N) is 1. The van der Waals surface area contributed by atoms with E-state index in [0.29, 0.717) is 0 Å². The average molecular weight is 465 g/mol. The van der Waals surface area contributed by atoms with Crippen molar-refractivity contribution < 1.29 is 9.53 Å². The molecule has 0 fully saturated rings. The molecule has 1 amide bonds. The van der Waals surface area contributed by atoms with E-state index in [2.05, 4.69) is 20.7 Å². The number of hydrogen-bond acceptors (Lipinski definition) is 8. The molecule has 1 heterocycles. The van der Waals surface area contributed by atoms with Crippen molar-refractivity contribution in [3.05, 3.63) is 64.7 Å². The molecule has 0 saturated heterocycles. The van der Waals surface area contributed by atoms with E-state index in [-0.39, 0.29) is 11.7 Å². The van der Waals surface area contributed by atoms with Gasteiger partial charge in [0.05, 0.1) is 19.1 Å². The highest BCUT2D eigenvalue weighted by atomic mass is 35.5. The number of aromatic nitrogens is 2. The van der Waals surface area contributed by atoms with Gasteiger partial charge in [0.2, 0.25) is 0 Å². The lowest BCUT2D eigenvalue weighted by molar-refractivity contribution is -0.118. The number of hydrazone groups is 1. The zero-order valence-corrected chi connectivity index (χ0v) is 18.6. The summed E-state index contributed by atoms with van der Waals surface area (Å²) in [5.74, 6) is 1.45. The minimum Gasteiger partial charge on any atom is -0.497 e. The fourth-order valence-corrected chi connectivity index (χ4v) is 5.23. The summed E-state index contributed by atoms with van der Waals surface area (Å²) in [6, 6.07) is 15.1. The third-order valence-electron chi connectivity index (χ3n) is 3.52. The van der Waals surface area contributed by atoms with Crippen LogP contribution in [0.5, 0.6) is 5.75 Å². The maximum atomic E-state index is 12.0. The first-order valence-electron chi connectivity index (χ1n) is 8.42. The third kappa shape index (κ3) is 7.04. The largest absolute Gasteiger partial charge is 0.497 e. The Labute approximate surface area is 186 Å². The second-order valence-corrected chi connectivity index (χ2v) is 9.40. The van der Waals surface area contributed by atoms with E-state index in [9.17, 15) is 4.79 Å². The minimum absolute atomic E-state index is 0.208. The molecule has 3 aromatic rings. The molecular formula is C19H17ClN4O2S3. The van der Waals surface area contributed by atoms with E-state index in [1.165, 1.54) is 23.1 Å². The molecule has 1 N–H and O–H groups in total. The predicted molar refractivity (Wildman–Crippen MR) is 120 cm³/mol. The van der Waals surface area contributed by atoms with Crippen LogP contribution in [-0.2, 0) is 10.5 Å². The highest BCUT2D eigenvalue weighted by molar-refractivity contribution is 8.03. The molecule has 0 aliphatic heterocycles. The Bertz CT molecular complexity index is 997. The first-order valence-corrected chi connectivity index (χ1v) is 11.6. The quantitative estimate of drug-likeness (QED) is 0.280. The van der Waals surface area contributed by atoms with Gasteiger partial charge in [0.1, 0.15) is 5.75 Å². The molecule has 0 spiro atoms. The first kappa shape index (κ1) is 21.6. The molecule has 150 valence electrons. The van der Waals surface area contributed by atoms with E-state index >= 15 is 0 Å². The van der Waals surface area contributed by atoms with Crippen LogP contribution in [0.25, 0.3) is 0 Å². The van der Waals surface area contributed by atoms with Gasteiger partial charge in [-0.3, -0.25) is 4.79 Å². The summed E-state index contributed by atoms with van der Waals surface area (Å²) in [4.78, 5) is 12.0. The van der Waals surface area contributed by atoms with Crippen molar-refractivity contribution >= 4 is 58.6 Å². The summed E-state index contributed by atoms with van der Waals surface area (Å²) in [6.45, 7) is 0. The van der Waals surface area contributed by atoms with Crippen molar-refractivity contribution in [1.82, 2.24) is 15.6 Å². The topological polar surface area (TPSA) is 76.5 Å². The van der Waals surface area contributed by atoms with Gasteiger partial charge in [0, 0.05) is 10.8 Å². The van der Waals surface area contributed by atoms with Gasteiger partial charge >= 0.3 is 0 Å². The summed E-state index contributed by atoms with van der Waals surface area (Å²) >= 11 is 10.5. The van der Waals surface area contributed by atoms with Gasteiger partial charge < -0.3 is 4.74 Å². The minimum atomic E-state index is -0.213. The summed E-state index contributed by atoms with van der Waals surface area (Å²) in [6.07, 6.45) is 1.57. The highest BCUT2D eigenvalue weighted by Gasteiger charge is 2.09. The number of halogens is 1. The summed E-state index contributed by atoms with van der Waals surface area (Å²) in [7, 11) is 1.60. The lowest BCUT2D eigenvalue weighted by Gasteiger charge is -2.01. The Balaban J connectivity index is 1.42. The smallest absolute Gasteiger partial charge is 0.250 e. The van der Waals surface area contributed by atoms with Gasteiger partial charge in [-0.25, -0.2) is 5.43 Å². The average Bonchev–Trinajstić information content (AvgIpc) is 3.20. The normalized spacial score (nSPS) is 11.0. The van der Waals surface area contributed by atoms with Gasteiger partial charge in [-0.05, 0) is 29.3 Å². The van der Waals surface area contributed by atoms with Crippen LogP contribution in [0.1, 0.15) is 11.1 Å². The molecule has 0 saturated carbocycles. The maximum Gasteiger partial charge on any atom is 0.250 e. The standard InChI is InChI=1S/C19H17ClN4O2S3/c1-26-15-7-4-5-13(9-15)10-21-22-17(25)12-28-19-24-23-18(29-19)27-11-14-6-2-3-8-16(14)20/h2-10H,11-12H2,1H3,(H,22,25). The predicted octanol–water partition coefficient (Wildman–Crippen LogP) is 4.73. The summed E-state index contributed by atoms with van der Waals surface area (Å²) < 4.78 is 6.72. The molecule has 0 bridgehead atoms. The van der Waals surface area contributed by atoms with Crippen LogP contribution in [0, 0.1) is 0 Å². The number of benzene rings is 2. The Morgan fingerprint density at radius 2 is 2.00 bits per heavy atom. The Kier molecular flexibility index (Phi) is 8.36. The van der Waals surface area contributed by atoms with E-state index in [0.717, 1.165) is 36.3 Å². The zero-order chi connectivity index (χ0) is 20.5. The zero-order valence-electron chi connectivity index (χ0n) is 15.4. The fourth-order valence-electron chi connectivity index (χ4n) is 2.13. The van der Waals surface area contributed by atoms with Gasteiger partial charge in [0.25, 0.3) is 5.91 Å². The number of carbonyl (C=O) groups excluding carboxylic acids is 1.